The Kier molecular flexibility index (Phi) is 7.63. The van der Waals surface area contributed by atoms with E-state index in [0.717, 1.165) is 32.2 Å². The van der Waals surface area contributed by atoms with Crippen LogP contribution in [0.3, 0.4) is 0 Å². The molecule has 0 aromatic heterocycles. The Labute approximate surface area is 80.3 Å². The maximum Gasteiger partial charge on any atom is 0.234 e. The molecule has 0 heterocycles. The highest BCUT2D eigenvalue weighted by Gasteiger charge is 2.10. The second-order valence-corrected chi connectivity index (χ2v) is 3.20. The number of rotatable bonds is 8. The van der Waals surface area contributed by atoms with Crippen molar-refractivity contribution in [1.29, 1.82) is 0 Å². The van der Waals surface area contributed by atoms with Gasteiger partial charge in [0.15, 0.2) is 0 Å². The molecule has 0 rings (SSSR count). The Morgan fingerprint density at radius 1 is 1.31 bits per heavy atom. The van der Waals surface area contributed by atoms with Crippen molar-refractivity contribution in [1.82, 2.24) is 10.6 Å². The first-order chi connectivity index (χ1) is 6.22. The summed E-state index contributed by atoms with van der Waals surface area (Å²) in [5.41, 5.74) is 5.17. The SMILES string of the molecule is CNCCCCCC(NC)C(N)=O. The summed E-state index contributed by atoms with van der Waals surface area (Å²) >= 11 is 0. The van der Waals surface area contributed by atoms with Gasteiger partial charge in [0.2, 0.25) is 5.91 Å². The molecule has 1 atom stereocenters. The lowest BCUT2D eigenvalue weighted by atomic mass is 10.1. The Morgan fingerprint density at radius 2 is 2.00 bits per heavy atom. The number of primary amides is 1. The van der Waals surface area contributed by atoms with Crippen LogP contribution in [0, 0.1) is 0 Å². The zero-order valence-electron chi connectivity index (χ0n) is 8.60. The smallest absolute Gasteiger partial charge is 0.234 e. The predicted molar refractivity (Wildman–Crippen MR) is 54.4 cm³/mol. The highest BCUT2D eigenvalue weighted by Crippen LogP contribution is 2.02. The van der Waals surface area contributed by atoms with Crippen molar-refractivity contribution in [2.75, 3.05) is 20.6 Å². The van der Waals surface area contributed by atoms with Crippen LogP contribution >= 0.6 is 0 Å². The molecule has 0 fully saturated rings. The lowest BCUT2D eigenvalue weighted by molar-refractivity contribution is -0.120. The monoisotopic (exact) mass is 187 g/mol. The number of carbonyl (C=O) groups is 1. The van der Waals surface area contributed by atoms with Crippen molar-refractivity contribution in [3.05, 3.63) is 0 Å². The minimum atomic E-state index is -0.254. The van der Waals surface area contributed by atoms with Gasteiger partial charge < -0.3 is 16.4 Å². The number of unbranched alkanes of at least 4 members (excludes halogenated alkanes) is 2. The van der Waals surface area contributed by atoms with Crippen LogP contribution in [0.5, 0.6) is 0 Å². The molecule has 0 aliphatic carbocycles. The molecule has 4 heteroatoms. The van der Waals surface area contributed by atoms with Gasteiger partial charge in [-0.25, -0.2) is 0 Å². The first-order valence-corrected chi connectivity index (χ1v) is 4.83. The van der Waals surface area contributed by atoms with Gasteiger partial charge in [-0.3, -0.25) is 4.79 Å². The molecule has 4 nitrogen and oxygen atoms in total. The van der Waals surface area contributed by atoms with Crippen LogP contribution in [0.1, 0.15) is 25.7 Å². The molecule has 78 valence electrons. The maximum atomic E-state index is 10.8. The summed E-state index contributed by atoms with van der Waals surface area (Å²) in [6, 6.07) is -0.158. The second-order valence-electron chi connectivity index (χ2n) is 3.20. The van der Waals surface area contributed by atoms with Gasteiger partial charge in [-0.2, -0.15) is 0 Å². The number of hydrogen-bond acceptors (Lipinski definition) is 3. The van der Waals surface area contributed by atoms with Crippen LogP contribution in [0.25, 0.3) is 0 Å². The van der Waals surface area contributed by atoms with E-state index in [4.69, 9.17) is 5.73 Å². The molecule has 0 saturated heterocycles. The molecule has 13 heavy (non-hydrogen) atoms. The van der Waals surface area contributed by atoms with Gasteiger partial charge in [-0.1, -0.05) is 12.8 Å². The number of amides is 1. The standard InChI is InChI=1S/C9H21N3O/c1-11-7-5-3-4-6-8(12-2)9(10)13/h8,11-12H,3-7H2,1-2H3,(H2,10,13). The van der Waals surface area contributed by atoms with Crippen molar-refractivity contribution in [2.24, 2.45) is 5.73 Å². The molecular weight excluding hydrogens is 166 g/mol. The van der Waals surface area contributed by atoms with Gasteiger partial charge >= 0.3 is 0 Å². The predicted octanol–water partition coefficient (Wildman–Crippen LogP) is -0.160. The van der Waals surface area contributed by atoms with E-state index in [1.54, 1.807) is 7.05 Å². The molecule has 4 N–H and O–H groups in total. The fourth-order valence-corrected chi connectivity index (χ4v) is 1.26. The van der Waals surface area contributed by atoms with Crippen LogP contribution in [0.15, 0.2) is 0 Å². The van der Waals surface area contributed by atoms with Crippen molar-refractivity contribution in [3.8, 4) is 0 Å². The van der Waals surface area contributed by atoms with Gasteiger partial charge in [-0.05, 0) is 33.5 Å². The van der Waals surface area contributed by atoms with Crippen LogP contribution in [-0.2, 0) is 4.79 Å². The van der Waals surface area contributed by atoms with E-state index in [1.807, 2.05) is 7.05 Å². The molecule has 0 spiro atoms. The molecule has 0 saturated carbocycles. The third-order valence-electron chi connectivity index (χ3n) is 2.11. The molecular formula is C9H21N3O. The number of nitrogens with two attached hydrogens (primary N) is 1. The molecule has 0 aromatic rings. The van der Waals surface area contributed by atoms with E-state index in [9.17, 15) is 4.79 Å². The van der Waals surface area contributed by atoms with Crippen LogP contribution < -0.4 is 16.4 Å². The average Bonchev–Trinajstić information content (AvgIpc) is 2.10. The third kappa shape index (κ3) is 6.54. The number of carbonyl (C=O) groups excluding carboxylic acids is 1. The lowest BCUT2D eigenvalue weighted by Crippen LogP contribution is -2.38. The van der Waals surface area contributed by atoms with E-state index >= 15 is 0 Å². The van der Waals surface area contributed by atoms with Crippen LogP contribution in [0.2, 0.25) is 0 Å². The second kappa shape index (κ2) is 8.01. The quantitative estimate of drug-likeness (QED) is 0.463. The largest absolute Gasteiger partial charge is 0.368 e. The highest BCUT2D eigenvalue weighted by atomic mass is 16.1. The average molecular weight is 187 g/mol. The normalized spacial score (nSPS) is 12.8. The van der Waals surface area contributed by atoms with Gasteiger partial charge in [0.1, 0.15) is 0 Å². The highest BCUT2D eigenvalue weighted by molar-refractivity contribution is 5.79. The number of likely N-dealkylation sites (N-methyl/N-ethyl adjacent to an activating group) is 1. The minimum Gasteiger partial charge on any atom is -0.368 e. The summed E-state index contributed by atoms with van der Waals surface area (Å²) in [4.78, 5) is 10.8. The molecule has 0 aliphatic heterocycles. The van der Waals surface area contributed by atoms with E-state index in [-0.39, 0.29) is 11.9 Å². The molecule has 0 aliphatic rings. The topological polar surface area (TPSA) is 67.2 Å². The molecule has 0 aromatic carbocycles. The van der Waals surface area contributed by atoms with Crippen LogP contribution in [-0.4, -0.2) is 32.6 Å². The molecule has 0 radical (unpaired) electrons. The van der Waals surface area contributed by atoms with Gasteiger partial charge in [0, 0.05) is 0 Å². The summed E-state index contributed by atoms with van der Waals surface area (Å²) in [6.45, 7) is 1.04. The number of hydrogen-bond donors (Lipinski definition) is 3. The van der Waals surface area contributed by atoms with Crippen molar-refractivity contribution >= 4 is 5.91 Å². The molecule has 0 bridgehead atoms. The Morgan fingerprint density at radius 3 is 2.46 bits per heavy atom. The first kappa shape index (κ1) is 12.4. The van der Waals surface area contributed by atoms with E-state index < -0.39 is 0 Å². The van der Waals surface area contributed by atoms with Gasteiger partial charge in [0.25, 0.3) is 0 Å². The Balaban J connectivity index is 3.33. The zero-order chi connectivity index (χ0) is 10.1. The Bertz CT molecular complexity index is 139. The fourth-order valence-electron chi connectivity index (χ4n) is 1.26. The van der Waals surface area contributed by atoms with Gasteiger partial charge in [0.05, 0.1) is 6.04 Å². The summed E-state index contributed by atoms with van der Waals surface area (Å²) < 4.78 is 0. The van der Waals surface area contributed by atoms with E-state index in [0.29, 0.717) is 0 Å². The van der Waals surface area contributed by atoms with Crippen LogP contribution in [0.4, 0.5) is 0 Å². The van der Waals surface area contributed by atoms with Crippen molar-refractivity contribution in [2.45, 2.75) is 31.7 Å². The molecule has 1 unspecified atom stereocenters. The molecule has 1 amide bonds. The zero-order valence-corrected chi connectivity index (χ0v) is 8.60. The summed E-state index contributed by atoms with van der Waals surface area (Å²) in [7, 11) is 3.71. The fraction of sp³-hybridized carbons (Fsp3) is 0.889. The maximum absolute atomic E-state index is 10.8. The van der Waals surface area contributed by atoms with Crippen molar-refractivity contribution in [3.63, 3.8) is 0 Å². The summed E-state index contributed by atoms with van der Waals surface area (Å²) in [6.07, 6.45) is 4.20. The lowest BCUT2D eigenvalue weighted by Gasteiger charge is -2.11. The summed E-state index contributed by atoms with van der Waals surface area (Å²) in [5, 5.41) is 5.99. The van der Waals surface area contributed by atoms with E-state index in [2.05, 4.69) is 10.6 Å². The van der Waals surface area contributed by atoms with Gasteiger partial charge in [-0.15, -0.1) is 0 Å². The van der Waals surface area contributed by atoms with E-state index in [1.165, 1.54) is 0 Å². The minimum absolute atomic E-state index is 0.158. The Hall–Kier alpha value is -0.610. The van der Waals surface area contributed by atoms with Crippen molar-refractivity contribution < 1.29 is 4.79 Å². The summed E-state index contributed by atoms with van der Waals surface area (Å²) in [5.74, 6) is -0.254. The third-order valence-corrected chi connectivity index (χ3v) is 2.11. The number of nitrogens with one attached hydrogen (secondary N) is 2. The first-order valence-electron chi connectivity index (χ1n) is 4.83.